The Morgan fingerprint density at radius 1 is 1.42 bits per heavy atom. The molecule has 0 aliphatic carbocycles. The van der Waals surface area contributed by atoms with Crippen LogP contribution in [-0.2, 0) is 0 Å². The minimum absolute atomic E-state index is 0.0119. The van der Waals surface area contributed by atoms with E-state index in [9.17, 15) is 4.79 Å². The summed E-state index contributed by atoms with van der Waals surface area (Å²) < 4.78 is 0. The molecule has 0 aliphatic rings. The number of amides is 1. The van der Waals surface area contributed by atoms with Gasteiger partial charge in [-0.25, -0.2) is 0 Å². The first-order valence-corrected chi connectivity index (χ1v) is 7.92. The molecular formula is C14H21ClN2OS. The van der Waals surface area contributed by atoms with Gasteiger partial charge in [0.15, 0.2) is 0 Å². The lowest BCUT2D eigenvalue weighted by Gasteiger charge is -2.15. The molecule has 1 amide bonds. The lowest BCUT2D eigenvalue weighted by molar-refractivity contribution is 0.0828. The van der Waals surface area contributed by atoms with Crippen LogP contribution < -0.4 is 5.32 Å². The Morgan fingerprint density at radius 2 is 2.16 bits per heavy atom. The van der Waals surface area contributed by atoms with E-state index in [1.165, 1.54) is 0 Å². The zero-order chi connectivity index (χ0) is 14.3. The molecule has 0 unspecified atom stereocenters. The van der Waals surface area contributed by atoms with Gasteiger partial charge in [0.1, 0.15) is 0 Å². The minimum atomic E-state index is -0.0119. The molecule has 3 nitrogen and oxygen atoms in total. The number of carbonyl (C=O) groups is 1. The van der Waals surface area contributed by atoms with Crippen LogP contribution in [0.25, 0.3) is 0 Å². The van der Waals surface area contributed by atoms with Gasteiger partial charge in [-0.15, -0.1) is 0 Å². The van der Waals surface area contributed by atoms with E-state index in [4.69, 9.17) is 11.6 Å². The lowest BCUT2D eigenvalue weighted by Crippen LogP contribution is -2.23. The molecule has 1 rings (SSSR count). The molecule has 0 aliphatic heterocycles. The molecule has 1 aromatic rings. The van der Waals surface area contributed by atoms with Crippen LogP contribution in [0.1, 0.15) is 23.7 Å². The molecule has 19 heavy (non-hydrogen) atoms. The maximum Gasteiger partial charge on any atom is 0.255 e. The molecule has 106 valence electrons. The van der Waals surface area contributed by atoms with Crippen molar-refractivity contribution in [1.82, 2.24) is 4.90 Å². The Hall–Kier alpha value is -0.870. The van der Waals surface area contributed by atoms with E-state index in [2.05, 4.69) is 12.2 Å². The van der Waals surface area contributed by atoms with E-state index >= 15 is 0 Å². The molecule has 0 fully saturated rings. The standard InChI is InChI=1S/C14H21ClN2OS/c1-4-19-9-5-8-16-13-10-11(15)6-7-12(13)14(18)17(2)3/h6-7,10,16H,4-5,8-9H2,1-3H3. The van der Waals surface area contributed by atoms with Gasteiger partial charge in [-0.1, -0.05) is 18.5 Å². The Kier molecular flexibility index (Phi) is 7.10. The van der Waals surface area contributed by atoms with Gasteiger partial charge in [-0.2, -0.15) is 11.8 Å². The maximum absolute atomic E-state index is 12.1. The number of anilines is 1. The fourth-order valence-corrected chi connectivity index (χ4v) is 2.44. The van der Waals surface area contributed by atoms with Crippen molar-refractivity contribution < 1.29 is 4.79 Å². The third-order valence-corrected chi connectivity index (χ3v) is 3.82. The van der Waals surface area contributed by atoms with Crippen molar-refractivity contribution in [2.45, 2.75) is 13.3 Å². The Labute approximate surface area is 124 Å². The van der Waals surface area contributed by atoms with Gasteiger partial charge in [0, 0.05) is 31.4 Å². The van der Waals surface area contributed by atoms with Crippen molar-refractivity contribution in [2.75, 3.05) is 37.5 Å². The summed E-state index contributed by atoms with van der Waals surface area (Å²) in [5.74, 6) is 2.25. The second-order valence-electron chi connectivity index (χ2n) is 4.37. The fourth-order valence-electron chi connectivity index (χ4n) is 1.63. The second kappa shape index (κ2) is 8.33. The van der Waals surface area contributed by atoms with Gasteiger partial charge in [0.25, 0.3) is 5.91 Å². The van der Waals surface area contributed by atoms with Crippen LogP contribution in [0.2, 0.25) is 5.02 Å². The summed E-state index contributed by atoms with van der Waals surface area (Å²) in [6.07, 6.45) is 1.07. The van der Waals surface area contributed by atoms with Crippen LogP contribution in [0.5, 0.6) is 0 Å². The van der Waals surface area contributed by atoms with Crippen molar-refractivity contribution >= 4 is 35.0 Å². The number of halogens is 1. The highest BCUT2D eigenvalue weighted by molar-refractivity contribution is 7.99. The van der Waals surface area contributed by atoms with Crippen molar-refractivity contribution in [2.24, 2.45) is 0 Å². The predicted molar refractivity (Wildman–Crippen MR) is 85.6 cm³/mol. The number of benzene rings is 1. The predicted octanol–water partition coefficient (Wildman–Crippen LogP) is 3.60. The smallest absolute Gasteiger partial charge is 0.255 e. The van der Waals surface area contributed by atoms with E-state index < -0.39 is 0 Å². The van der Waals surface area contributed by atoms with Crippen LogP contribution in [0, 0.1) is 0 Å². The maximum atomic E-state index is 12.1. The van der Waals surface area contributed by atoms with E-state index in [-0.39, 0.29) is 5.91 Å². The van der Waals surface area contributed by atoms with Crippen molar-refractivity contribution in [3.05, 3.63) is 28.8 Å². The first kappa shape index (κ1) is 16.2. The summed E-state index contributed by atoms with van der Waals surface area (Å²) in [6, 6.07) is 5.33. The lowest BCUT2D eigenvalue weighted by atomic mass is 10.1. The van der Waals surface area contributed by atoms with E-state index in [0.29, 0.717) is 10.6 Å². The van der Waals surface area contributed by atoms with Gasteiger partial charge in [-0.05, 0) is 36.1 Å². The number of rotatable bonds is 7. The highest BCUT2D eigenvalue weighted by Gasteiger charge is 2.13. The van der Waals surface area contributed by atoms with E-state index in [1.54, 1.807) is 31.1 Å². The zero-order valence-electron chi connectivity index (χ0n) is 11.7. The van der Waals surface area contributed by atoms with E-state index in [0.717, 1.165) is 30.2 Å². The van der Waals surface area contributed by atoms with Crippen LogP contribution >= 0.6 is 23.4 Å². The van der Waals surface area contributed by atoms with Gasteiger partial charge in [0.2, 0.25) is 0 Å². The Balaban J connectivity index is 2.69. The fraction of sp³-hybridized carbons (Fsp3) is 0.500. The van der Waals surface area contributed by atoms with Crippen LogP contribution in [0.15, 0.2) is 18.2 Å². The second-order valence-corrected chi connectivity index (χ2v) is 6.20. The molecule has 0 spiro atoms. The largest absolute Gasteiger partial charge is 0.384 e. The van der Waals surface area contributed by atoms with Gasteiger partial charge in [0.05, 0.1) is 5.56 Å². The number of hydrogen-bond donors (Lipinski definition) is 1. The number of nitrogens with zero attached hydrogens (tertiary/aromatic N) is 1. The quantitative estimate of drug-likeness (QED) is 0.781. The number of nitrogens with one attached hydrogen (secondary N) is 1. The molecule has 0 saturated carbocycles. The molecule has 1 aromatic carbocycles. The average Bonchev–Trinajstić information content (AvgIpc) is 2.38. The normalized spacial score (nSPS) is 10.3. The van der Waals surface area contributed by atoms with Crippen LogP contribution in [0.4, 0.5) is 5.69 Å². The SMILES string of the molecule is CCSCCCNc1cc(Cl)ccc1C(=O)N(C)C. The summed E-state index contributed by atoms with van der Waals surface area (Å²) in [7, 11) is 3.50. The molecular weight excluding hydrogens is 280 g/mol. The first-order valence-electron chi connectivity index (χ1n) is 6.39. The summed E-state index contributed by atoms with van der Waals surface area (Å²) >= 11 is 7.92. The highest BCUT2D eigenvalue weighted by atomic mass is 35.5. The van der Waals surface area contributed by atoms with Crippen molar-refractivity contribution in [3.63, 3.8) is 0 Å². The van der Waals surface area contributed by atoms with Gasteiger partial charge >= 0.3 is 0 Å². The first-order chi connectivity index (χ1) is 9.06. The third kappa shape index (κ3) is 5.33. The Morgan fingerprint density at radius 3 is 2.79 bits per heavy atom. The molecule has 0 radical (unpaired) electrons. The molecule has 1 N–H and O–H groups in total. The van der Waals surface area contributed by atoms with Crippen LogP contribution in [0.3, 0.4) is 0 Å². The summed E-state index contributed by atoms with van der Waals surface area (Å²) in [4.78, 5) is 13.6. The molecule has 0 bridgehead atoms. The molecule has 5 heteroatoms. The number of carbonyl (C=O) groups excluding carboxylic acids is 1. The van der Waals surface area contributed by atoms with E-state index in [1.807, 2.05) is 17.8 Å². The minimum Gasteiger partial charge on any atom is -0.384 e. The molecule has 0 heterocycles. The number of thioether (sulfide) groups is 1. The zero-order valence-corrected chi connectivity index (χ0v) is 13.3. The molecule has 0 saturated heterocycles. The summed E-state index contributed by atoms with van der Waals surface area (Å²) in [5.41, 5.74) is 1.48. The monoisotopic (exact) mass is 300 g/mol. The molecule has 0 atom stereocenters. The van der Waals surface area contributed by atoms with Gasteiger partial charge in [-0.3, -0.25) is 4.79 Å². The summed E-state index contributed by atoms with van der Waals surface area (Å²) in [6.45, 7) is 3.00. The third-order valence-electron chi connectivity index (χ3n) is 2.60. The Bertz CT molecular complexity index is 424. The highest BCUT2D eigenvalue weighted by Crippen LogP contribution is 2.22. The average molecular weight is 301 g/mol. The summed E-state index contributed by atoms with van der Waals surface area (Å²) in [5, 5.41) is 3.94. The van der Waals surface area contributed by atoms with Crippen molar-refractivity contribution in [3.8, 4) is 0 Å². The number of hydrogen-bond acceptors (Lipinski definition) is 3. The van der Waals surface area contributed by atoms with Gasteiger partial charge < -0.3 is 10.2 Å². The van der Waals surface area contributed by atoms with Crippen molar-refractivity contribution in [1.29, 1.82) is 0 Å². The topological polar surface area (TPSA) is 32.3 Å². The molecule has 0 aromatic heterocycles. The van der Waals surface area contributed by atoms with Crippen LogP contribution in [-0.4, -0.2) is 43.0 Å².